The van der Waals surface area contributed by atoms with Gasteiger partial charge >= 0.3 is 0 Å². The minimum atomic E-state index is -0.415. The van der Waals surface area contributed by atoms with E-state index in [0.717, 1.165) is 32.0 Å². The van der Waals surface area contributed by atoms with Gasteiger partial charge in [0.1, 0.15) is 12.0 Å². The topological polar surface area (TPSA) is 92.5 Å². The molecule has 1 fully saturated rings. The van der Waals surface area contributed by atoms with Crippen molar-refractivity contribution in [1.29, 1.82) is 0 Å². The van der Waals surface area contributed by atoms with Crippen LogP contribution < -0.4 is 5.32 Å². The largest absolute Gasteiger partial charge is 0.392 e. The molecule has 0 spiro atoms. The molecule has 0 saturated heterocycles. The van der Waals surface area contributed by atoms with E-state index in [2.05, 4.69) is 5.32 Å². The third-order valence-electron chi connectivity index (χ3n) is 4.08. The van der Waals surface area contributed by atoms with Crippen molar-refractivity contribution in [3.8, 4) is 0 Å². The Labute approximate surface area is 123 Å². The fourth-order valence-corrected chi connectivity index (χ4v) is 2.85. The molecular formula is C15H20N2O4. The number of aldehydes is 1. The minimum absolute atomic E-state index is 0.0298. The molecule has 2 rings (SSSR count). The van der Waals surface area contributed by atoms with Gasteiger partial charge in [0.15, 0.2) is 0 Å². The number of rotatable bonds is 6. The SMILES string of the molecule is O=CCC1CCC(Nc2cc(CO)ccc2[N+](=O)[O-])CC1. The van der Waals surface area contributed by atoms with Crippen molar-refractivity contribution in [2.45, 2.75) is 44.8 Å². The molecule has 0 amide bonds. The summed E-state index contributed by atoms with van der Waals surface area (Å²) in [6.45, 7) is -0.140. The lowest BCUT2D eigenvalue weighted by atomic mass is 9.84. The van der Waals surface area contributed by atoms with Crippen molar-refractivity contribution < 1.29 is 14.8 Å². The Morgan fingerprint density at radius 1 is 1.33 bits per heavy atom. The molecule has 1 aromatic carbocycles. The van der Waals surface area contributed by atoms with Crippen LogP contribution in [-0.2, 0) is 11.4 Å². The Hall–Kier alpha value is -1.95. The van der Waals surface area contributed by atoms with Crippen molar-refractivity contribution in [2.75, 3.05) is 5.32 Å². The molecule has 0 aromatic heterocycles. The van der Waals surface area contributed by atoms with E-state index in [-0.39, 0.29) is 18.3 Å². The van der Waals surface area contributed by atoms with E-state index in [4.69, 9.17) is 5.11 Å². The molecule has 2 N–H and O–H groups in total. The van der Waals surface area contributed by atoms with E-state index in [1.54, 1.807) is 12.1 Å². The van der Waals surface area contributed by atoms with E-state index < -0.39 is 4.92 Å². The maximum absolute atomic E-state index is 11.1. The first-order chi connectivity index (χ1) is 10.1. The van der Waals surface area contributed by atoms with Gasteiger partial charge in [0.25, 0.3) is 5.69 Å². The summed E-state index contributed by atoms with van der Waals surface area (Å²) >= 11 is 0. The molecule has 0 bridgehead atoms. The summed E-state index contributed by atoms with van der Waals surface area (Å²) in [4.78, 5) is 21.2. The molecule has 1 saturated carbocycles. The van der Waals surface area contributed by atoms with Gasteiger partial charge in [0.2, 0.25) is 0 Å². The van der Waals surface area contributed by atoms with E-state index in [1.165, 1.54) is 6.07 Å². The van der Waals surface area contributed by atoms with Crippen molar-refractivity contribution in [3.05, 3.63) is 33.9 Å². The Balaban J connectivity index is 2.05. The van der Waals surface area contributed by atoms with E-state index in [9.17, 15) is 14.9 Å². The Morgan fingerprint density at radius 2 is 2.05 bits per heavy atom. The third-order valence-corrected chi connectivity index (χ3v) is 4.08. The van der Waals surface area contributed by atoms with Gasteiger partial charge in [-0.3, -0.25) is 10.1 Å². The zero-order chi connectivity index (χ0) is 15.2. The lowest BCUT2D eigenvalue weighted by Gasteiger charge is -2.28. The number of nitro groups is 1. The number of aliphatic hydroxyl groups is 1. The molecule has 114 valence electrons. The van der Waals surface area contributed by atoms with Gasteiger partial charge < -0.3 is 15.2 Å². The van der Waals surface area contributed by atoms with Crippen LogP contribution in [0, 0.1) is 16.0 Å². The Bertz CT molecular complexity index is 510. The minimum Gasteiger partial charge on any atom is -0.392 e. The first kappa shape index (κ1) is 15.4. The maximum Gasteiger partial charge on any atom is 0.292 e. The molecule has 1 aliphatic carbocycles. The summed E-state index contributed by atoms with van der Waals surface area (Å²) < 4.78 is 0. The molecule has 0 unspecified atom stereocenters. The van der Waals surface area contributed by atoms with Crippen molar-refractivity contribution >= 4 is 17.7 Å². The lowest BCUT2D eigenvalue weighted by Crippen LogP contribution is -2.26. The summed E-state index contributed by atoms with van der Waals surface area (Å²) in [7, 11) is 0. The summed E-state index contributed by atoms with van der Waals surface area (Å²) in [6.07, 6.45) is 5.30. The number of carbonyl (C=O) groups is 1. The van der Waals surface area contributed by atoms with Gasteiger partial charge in [-0.15, -0.1) is 0 Å². The predicted octanol–water partition coefficient (Wildman–Crippen LogP) is 2.65. The number of nitrogens with zero attached hydrogens (tertiary/aromatic N) is 1. The van der Waals surface area contributed by atoms with Crippen molar-refractivity contribution in [1.82, 2.24) is 0 Å². The number of aliphatic hydroxyl groups excluding tert-OH is 1. The second kappa shape index (κ2) is 7.17. The number of anilines is 1. The van der Waals surface area contributed by atoms with Crippen LogP contribution in [0.15, 0.2) is 18.2 Å². The molecule has 0 aliphatic heterocycles. The van der Waals surface area contributed by atoms with Crippen LogP contribution in [0.3, 0.4) is 0 Å². The quantitative estimate of drug-likeness (QED) is 0.477. The van der Waals surface area contributed by atoms with Crippen molar-refractivity contribution in [2.24, 2.45) is 5.92 Å². The summed E-state index contributed by atoms with van der Waals surface area (Å²) in [6, 6.07) is 4.80. The van der Waals surface area contributed by atoms with Crippen LogP contribution in [0.4, 0.5) is 11.4 Å². The number of carbonyl (C=O) groups excluding carboxylic acids is 1. The summed E-state index contributed by atoms with van der Waals surface area (Å²) in [5.41, 5.74) is 1.14. The third kappa shape index (κ3) is 4.01. The van der Waals surface area contributed by atoms with Gasteiger partial charge in [-0.2, -0.15) is 0 Å². The van der Waals surface area contributed by atoms with E-state index in [1.807, 2.05) is 0 Å². The number of hydrogen-bond acceptors (Lipinski definition) is 5. The fraction of sp³-hybridized carbons (Fsp3) is 0.533. The molecule has 0 radical (unpaired) electrons. The molecule has 6 heteroatoms. The number of nitro benzene ring substituents is 1. The molecule has 6 nitrogen and oxygen atoms in total. The van der Waals surface area contributed by atoms with Crippen LogP contribution in [-0.4, -0.2) is 22.4 Å². The maximum atomic E-state index is 11.1. The van der Waals surface area contributed by atoms with Gasteiger partial charge in [-0.25, -0.2) is 0 Å². The highest BCUT2D eigenvalue weighted by Crippen LogP contribution is 2.31. The van der Waals surface area contributed by atoms with Gasteiger partial charge in [0.05, 0.1) is 11.5 Å². The van der Waals surface area contributed by atoms with Gasteiger partial charge in [-0.05, 0) is 49.3 Å². The molecule has 1 aliphatic rings. The van der Waals surface area contributed by atoms with Crippen molar-refractivity contribution in [3.63, 3.8) is 0 Å². The monoisotopic (exact) mass is 292 g/mol. The summed E-state index contributed by atoms with van der Waals surface area (Å²) in [5.74, 6) is 0.444. The Morgan fingerprint density at radius 3 is 2.62 bits per heavy atom. The predicted molar refractivity (Wildman–Crippen MR) is 79.1 cm³/mol. The second-order valence-electron chi connectivity index (χ2n) is 5.53. The normalized spacial score (nSPS) is 21.8. The smallest absolute Gasteiger partial charge is 0.292 e. The highest BCUT2D eigenvalue weighted by molar-refractivity contribution is 5.63. The average molecular weight is 292 g/mol. The standard InChI is InChI=1S/C15H20N2O4/c18-8-7-11-1-4-13(5-2-11)16-14-9-12(10-19)3-6-15(14)17(20)21/h3,6,8-9,11,13,16,19H,1-2,4-5,7,10H2. The second-order valence-corrected chi connectivity index (χ2v) is 5.53. The van der Waals surface area contributed by atoms with Gasteiger partial charge in [0, 0.05) is 18.5 Å². The van der Waals surface area contributed by atoms with Crippen LogP contribution in [0.25, 0.3) is 0 Å². The van der Waals surface area contributed by atoms with Crippen LogP contribution in [0.2, 0.25) is 0 Å². The van der Waals surface area contributed by atoms with E-state index in [0.29, 0.717) is 23.6 Å². The first-order valence-corrected chi connectivity index (χ1v) is 7.22. The first-order valence-electron chi connectivity index (χ1n) is 7.22. The van der Waals surface area contributed by atoms with Gasteiger partial charge in [-0.1, -0.05) is 0 Å². The van der Waals surface area contributed by atoms with Crippen LogP contribution >= 0.6 is 0 Å². The lowest BCUT2D eigenvalue weighted by molar-refractivity contribution is -0.384. The van der Waals surface area contributed by atoms with Crippen LogP contribution in [0.1, 0.15) is 37.7 Å². The highest BCUT2D eigenvalue weighted by Gasteiger charge is 2.23. The van der Waals surface area contributed by atoms with E-state index >= 15 is 0 Å². The molecule has 21 heavy (non-hydrogen) atoms. The number of hydrogen-bond donors (Lipinski definition) is 2. The average Bonchev–Trinajstić information content (AvgIpc) is 2.49. The molecule has 0 atom stereocenters. The number of nitrogens with one attached hydrogen (secondary N) is 1. The highest BCUT2D eigenvalue weighted by atomic mass is 16.6. The summed E-state index contributed by atoms with van der Waals surface area (Å²) in [5, 5.41) is 23.5. The molecule has 0 heterocycles. The molecular weight excluding hydrogens is 272 g/mol. The fourth-order valence-electron chi connectivity index (χ4n) is 2.85. The van der Waals surface area contributed by atoms with Crippen LogP contribution in [0.5, 0.6) is 0 Å². The zero-order valence-electron chi connectivity index (χ0n) is 11.8. The molecule has 1 aromatic rings. The zero-order valence-corrected chi connectivity index (χ0v) is 11.8. The number of benzene rings is 1. The Kier molecular flexibility index (Phi) is 5.27.